The highest BCUT2D eigenvalue weighted by Gasteiger charge is 2.43. The molecule has 0 amide bonds. The van der Waals surface area contributed by atoms with Gasteiger partial charge in [-0.25, -0.2) is 9.59 Å². The van der Waals surface area contributed by atoms with Gasteiger partial charge in [-0.1, -0.05) is 58.4 Å². The number of carbonyl (C=O) groups is 2. The fraction of sp³-hybridized carbons (Fsp3) is 0.789. The molecule has 2 unspecified atom stereocenters. The van der Waals surface area contributed by atoms with Gasteiger partial charge in [0.05, 0.1) is 13.2 Å². The van der Waals surface area contributed by atoms with Crippen molar-refractivity contribution >= 4 is 11.9 Å². The zero-order chi connectivity index (χ0) is 18.4. The maximum absolute atomic E-state index is 12.2. The maximum Gasteiger partial charge on any atom is 0.350 e. The van der Waals surface area contributed by atoms with Crippen molar-refractivity contribution in [2.24, 2.45) is 0 Å². The Kier molecular flexibility index (Phi) is 12.3. The molecule has 0 rings (SSSR count). The molecular formula is C19H34O5. The summed E-state index contributed by atoms with van der Waals surface area (Å²) in [4.78, 5) is 23.8. The lowest BCUT2D eigenvalue weighted by Gasteiger charge is -2.31. The predicted octanol–water partition coefficient (Wildman–Crippen LogP) is 3.93. The van der Waals surface area contributed by atoms with Crippen LogP contribution in [0, 0.1) is 0 Å². The molecule has 0 aromatic heterocycles. The lowest BCUT2D eigenvalue weighted by molar-refractivity contribution is -0.182. The second-order valence-corrected chi connectivity index (χ2v) is 6.39. The van der Waals surface area contributed by atoms with E-state index >= 15 is 0 Å². The molecule has 5 heteroatoms. The van der Waals surface area contributed by atoms with Crippen molar-refractivity contribution in [3.63, 3.8) is 0 Å². The van der Waals surface area contributed by atoms with Crippen molar-refractivity contribution in [3.8, 4) is 0 Å². The van der Waals surface area contributed by atoms with Crippen LogP contribution in [0.3, 0.4) is 0 Å². The van der Waals surface area contributed by atoms with Gasteiger partial charge in [-0.05, 0) is 19.8 Å². The molecule has 0 aliphatic rings. The van der Waals surface area contributed by atoms with Crippen LogP contribution in [0.15, 0.2) is 12.7 Å². The summed E-state index contributed by atoms with van der Waals surface area (Å²) in [6, 6.07) is 0. The number of esters is 2. The van der Waals surface area contributed by atoms with Crippen LogP contribution in [0.5, 0.6) is 0 Å². The number of hydrogen-bond acceptors (Lipinski definition) is 5. The van der Waals surface area contributed by atoms with Gasteiger partial charge in [0.2, 0.25) is 5.60 Å². The van der Waals surface area contributed by atoms with Crippen molar-refractivity contribution in [2.45, 2.75) is 89.8 Å². The van der Waals surface area contributed by atoms with Crippen molar-refractivity contribution in [1.82, 2.24) is 0 Å². The van der Waals surface area contributed by atoms with Gasteiger partial charge in [0.15, 0.2) is 0 Å². The normalized spacial score (nSPS) is 14.5. The van der Waals surface area contributed by atoms with Gasteiger partial charge < -0.3 is 14.6 Å². The highest BCUT2D eigenvalue weighted by atomic mass is 16.6. The highest BCUT2D eigenvalue weighted by molar-refractivity contribution is 5.87. The highest BCUT2D eigenvalue weighted by Crippen LogP contribution is 2.28. The minimum Gasteiger partial charge on any atom is -0.466 e. The summed E-state index contributed by atoms with van der Waals surface area (Å²) in [5.41, 5.74) is -1.43. The van der Waals surface area contributed by atoms with Gasteiger partial charge in [-0.15, -0.1) is 0 Å². The maximum atomic E-state index is 12.2. The molecule has 0 fully saturated rings. The Bertz CT molecular complexity index is 378. The number of aliphatic hydroxyl groups excluding tert-OH is 1. The van der Waals surface area contributed by atoms with Gasteiger partial charge in [-0.2, -0.15) is 0 Å². The summed E-state index contributed by atoms with van der Waals surface area (Å²) in [6.45, 7) is 7.12. The van der Waals surface area contributed by atoms with E-state index in [1.54, 1.807) is 6.92 Å². The van der Waals surface area contributed by atoms with Gasteiger partial charge in [0, 0.05) is 12.5 Å². The van der Waals surface area contributed by atoms with Gasteiger partial charge in [0.25, 0.3) is 0 Å². The molecule has 5 nitrogen and oxygen atoms in total. The third-order valence-corrected chi connectivity index (χ3v) is 4.08. The van der Waals surface area contributed by atoms with Gasteiger partial charge in [-0.3, -0.25) is 0 Å². The third-order valence-electron chi connectivity index (χ3n) is 4.08. The second-order valence-electron chi connectivity index (χ2n) is 6.39. The van der Waals surface area contributed by atoms with E-state index in [9.17, 15) is 14.7 Å². The Morgan fingerprint density at radius 2 is 1.67 bits per heavy atom. The zero-order valence-electron chi connectivity index (χ0n) is 15.5. The van der Waals surface area contributed by atoms with Crippen LogP contribution in [0.25, 0.3) is 0 Å². The molecular weight excluding hydrogens is 308 g/mol. The average molecular weight is 342 g/mol. The predicted molar refractivity (Wildman–Crippen MR) is 94.6 cm³/mol. The molecule has 0 aliphatic carbocycles. The Hall–Kier alpha value is -1.36. The molecule has 1 N–H and O–H groups in total. The molecule has 0 aromatic rings. The standard InChI is InChI=1S/C19H34O5/c1-5-7-8-9-10-11-12-13-14-19(15-16(3)20,18(22)23-4)24-17(21)6-2/h6,16,20H,2,5,7-15H2,1,3-4H3. The van der Waals surface area contributed by atoms with Crippen LogP contribution in [-0.4, -0.2) is 35.9 Å². The van der Waals surface area contributed by atoms with E-state index in [0.717, 1.165) is 25.3 Å². The number of hydrogen-bond donors (Lipinski definition) is 1. The summed E-state index contributed by atoms with van der Waals surface area (Å²) < 4.78 is 10.1. The average Bonchev–Trinajstić information content (AvgIpc) is 2.55. The first-order valence-electron chi connectivity index (χ1n) is 9.03. The summed E-state index contributed by atoms with van der Waals surface area (Å²) in [5.74, 6) is -1.30. The summed E-state index contributed by atoms with van der Waals surface area (Å²) >= 11 is 0. The summed E-state index contributed by atoms with van der Waals surface area (Å²) in [7, 11) is 1.26. The fourth-order valence-corrected chi connectivity index (χ4v) is 2.86. The number of aliphatic hydroxyl groups is 1. The van der Waals surface area contributed by atoms with Gasteiger partial charge >= 0.3 is 11.9 Å². The van der Waals surface area contributed by atoms with Crippen molar-refractivity contribution < 1.29 is 24.2 Å². The Labute approximate surface area is 146 Å². The minimum atomic E-state index is -1.43. The van der Waals surface area contributed by atoms with Crippen molar-refractivity contribution in [2.75, 3.05) is 7.11 Å². The number of rotatable bonds is 14. The monoisotopic (exact) mass is 342 g/mol. The molecule has 2 atom stereocenters. The van der Waals surface area contributed by atoms with Crippen LogP contribution in [-0.2, 0) is 19.1 Å². The van der Waals surface area contributed by atoms with Crippen LogP contribution in [0.2, 0.25) is 0 Å². The molecule has 0 aromatic carbocycles. The van der Waals surface area contributed by atoms with E-state index in [1.807, 2.05) is 0 Å². The van der Waals surface area contributed by atoms with E-state index in [0.29, 0.717) is 6.42 Å². The summed E-state index contributed by atoms with van der Waals surface area (Å²) in [6.07, 6.45) is 9.57. The Morgan fingerprint density at radius 3 is 2.12 bits per heavy atom. The first-order valence-corrected chi connectivity index (χ1v) is 9.03. The van der Waals surface area contributed by atoms with Crippen LogP contribution < -0.4 is 0 Å². The third kappa shape index (κ3) is 9.06. The van der Waals surface area contributed by atoms with Crippen LogP contribution >= 0.6 is 0 Å². The Balaban J connectivity index is 4.59. The summed E-state index contributed by atoms with van der Waals surface area (Å²) in [5, 5.41) is 9.72. The first-order chi connectivity index (χ1) is 11.4. The van der Waals surface area contributed by atoms with E-state index in [-0.39, 0.29) is 6.42 Å². The zero-order valence-corrected chi connectivity index (χ0v) is 15.5. The van der Waals surface area contributed by atoms with Crippen molar-refractivity contribution in [1.29, 1.82) is 0 Å². The molecule has 0 radical (unpaired) electrons. The van der Waals surface area contributed by atoms with E-state index in [4.69, 9.17) is 9.47 Å². The Morgan fingerprint density at radius 1 is 1.12 bits per heavy atom. The number of ether oxygens (including phenoxy) is 2. The molecule has 0 saturated heterocycles. The molecule has 24 heavy (non-hydrogen) atoms. The largest absolute Gasteiger partial charge is 0.466 e. The first kappa shape index (κ1) is 22.6. The molecule has 0 saturated carbocycles. The smallest absolute Gasteiger partial charge is 0.350 e. The van der Waals surface area contributed by atoms with Crippen molar-refractivity contribution in [3.05, 3.63) is 12.7 Å². The molecule has 140 valence electrons. The number of carbonyl (C=O) groups excluding carboxylic acids is 2. The van der Waals surface area contributed by atoms with Gasteiger partial charge in [0.1, 0.15) is 0 Å². The fourth-order valence-electron chi connectivity index (χ4n) is 2.86. The number of unbranched alkanes of at least 4 members (excludes halogenated alkanes) is 7. The number of methoxy groups -OCH3 is 1. The van der Waals surface area contributed by atoms with Crippen LogP contribution in [0.4, 0.5) is 0 Å². The van der Waals surface area contributed by atoms with E-state index in [1.165, 1.54) is 39.2 Å². The molecule has 0 aliphatic heterocycles. The lowest BCUT2D eigenvalue weighted by Crippen LogP contribution is -2.46. The molecule has 0 heterocycles. The molecule has 0 bridgehead atoms. The van der Waals surface area contributed by atoms with E-state index < -0.39 is 23.6 Å². The minimum absolute atomic E-state index is 0.0236. The second kappa shape index (κ2) is 13.0. The molecule has 0 spiro atoms. The SMILES string of the molecule is C=CC(=O)OC(CCCCCCCCCC)(CC(C)O)C(=O)OC. The van der Waals surface area contributed by atoms with Crippen LogP contribution in [0.1, 0.15) is 78.1 Å². The van der Waals surface area contributed by atoms with E-state index in [2.05, 4.69) is 13.5 Å². The topological polar surface area (TPSA) is 72.8 Å². The lowest BCUT2D eigenvalue weighted by atomic mass is 9.89. The quantitative estimate of drug-likeness (QED) is 0.294.